The van der Waals surface area contributed by atoms with E-state index in [1.54, 1.807) is 19.2 Å². The van der Waals surface area contributed by atoms with Crippen LogP contribution in [0.2, 0.25) is 10.0 Å². The van der Waals surface area contributed by atoms with Gasteiger partial charge in [0.25, 0.3) is 11.8 Å². The summed E-state index contributed by atoms with van der Waals surface area (Å²) in [5.41, 5.74) is 2.19. The third-order valence-corrected chi connectivity index (χ3v) is 8.08. The molecule has 1 saturated heterocycles. The second-order valence-electron chi connectivity index (χ2n) is 9.87. The van der Waals surface area contributed by atoms with Gasteiger partial charge in [-0.3, -0.25) is 14.9 Å². The number of carbonyl (C=O) groups is 3. The number of ether oxygens (including phenoxy) is 4. The number of halogens is 3. The van der Waals surface area contributed by atoms with Gasteiger partial charge in [0.2, 0.25) is 0 Å². The molecule has 0 atom stereocenters. The molecular weight excluding hydrogens is 699 g/mol. The van der Waals surface area contributed by atoms with Crippen molar-refractivity contribution < 1.29 is 33.3 Å². The molecule has 5 rings (SSSR count). The van der Waals surface area contributed by atoms with E-state index in [-0.39, 0.29) is 27.9 Å². The Kier molecular flexibility index (Phi) is 10.5. The van der Waals surface area contributed by atoms with Crippen LogP contribution in [0.15, 0.2) is 88.9 Å². The van der Waals surface area contributed by atoms with Gasteiger partial charge in [0.05, 0.1) is 33.9 Å². The van der Waals surface area contributed by atoms with Gasteiger partial charge in [-0.25, -0.2) is 9.69 Å². The Morgan fingerprint density at radius 1 is 0.804 bits per heavy atom. The fourth-order valence-corrected chi connectivity index (χ4v) is 5.44. The van der Waals surface area contributed by atoms with E-state index in [1.807, 2.05) is 55.5 Å². The van der Waals surface area contributed by atoms with Crippen molar-refractivity contribution in [3.05, 3.63) is 116 Å². The summed E-state index contributed by atoms with van der Waals surface area (Å²) in [5, 5.41) is 2.59. The van der Waals surface area contributed by atoms with Crippen LogP contribution >= 0.6 is 39.1 Å². The molecule has 1 aliphatic rings. The molecule has 0 radical (unpaired) electrons. The molecule has 46 heavy (non-hydrogen) atoms. The van der Waals surface area contributed by atoms with Crippen molar-refractivity contribution in [1.82, 2.24) is 5.32 Å². The maximum Gasteiger partial charge on any atom is 0.335 e. The summed E-state index contributed by atoms with van der Waals surface area (Å²) in [7, 11) is 1.57. The van der Waals surface area contributed by atoms with Gasteiger partial charge in [0.1, 0.15) is 18.8 Å². The molecule has 0 aromatic heterocycles. The lowest BCUT2D eigenvalue weighted by molar-refractivity contribution is -0.122. The zero-order valence-corrected chi connectivity index (χ0v) is 27.7. The molecule has 1 fully saturated rings. The molecule has 0 spiro atoms. The SMILES string of the molecule is CCOc1cc(/C=C2/C(=O)NC(=O)N(c3ccc(Cl)c(Cl)c3)C2=O)cc(Br)c1OCc1ccc(OCc2ccccc2)c(OC)c1. The van der Waals surface area contributed by atoms with Gasteiger partial charge >= 0.3 is 6.03 Å². The van der Waals surface area contributed by atoms with E-state index in [9.17, 15) is 14.4 Å². The predicted molar refractivity (Wildman–Crippen MR) is 179 cm³/mol. The first kappa shape index (κ1) is 32.9. The third-order valence-electron chi connectivity index (χ3n) is 6.75. The summed E-state index contributed by atoms with van der Waals surface area (Å²) >= 11 is 15.6. The number of carbonyl (C=O) groups excluding carboxylic acids is 3. The first-order chi connectivity index (χ1) is 22.2. The first-order valence-corrected chi connectivity index (χ1v) is 15.5. The number of anilines is 1. The van der Waals surface area contributed by atoms with Crippen molar-refractivity contribution in [3.63, 3.8) is 0 Å². The number of nitrogens with one attached hydrogen (secondary N) is 1. The normalized spacial score (nSPS) is 13.9. The lowest BCUT2D eigenvalue weighted by Gasteiger charge is -2.26. The minimum Gasteiger partial charge on any atom is -0.493 e. The molecule has 0 bridgehead atoms. The zero-order chi connectivity index (χ0) is 32.8. The highest BCUT2D eigenvalue weighted by Gasteiger charge is 2.37. The molecule has 0 saturated carbocycles. The number of benzene rings is 4. The maximum atomic E-state index is 13.4. The lowest BCUT2D eigenvalue weighted by atomic mass is 10.1. The Labute approximate surface area is 283 Å². The summed E-state index contributed by atoms with van der Waals surface area (Å²) in [5.74, 6) is 0.285. The lowest BCUT2D eigenvalue weighted by Crippen LogP contribution is -2.54. The van der Waals surface area contributed by atoms with E-state index in [0.29, 0.717) is 46.2 Å². The fraction of sp³-hybridized carbons (Fsp3) is 0.147. The Bertz CT molecular complexity index is 1830. The largest absolute Gasteiger partial charge is 0.493 e. The standard InChI is InChI=1S/C34H27BrCl2N2O7/c1-3-44-30-16-22(13-24-32(40)38-34(42)39(33(24)41)23-10-11-26(36)27(37)17-23)14-25(35)31(30)46-19-21-9-12-28(29(15-21)43-2)45-18-20-7-5-4-6-8-20/h4-17H,3,18-19H2,1-2H3,(H,38,40,42)/b24-13-. The van der Waals surface area contributed by atoms with Crippen LogP contribution in [0.4, 0.5) is 10.5 Å². The van der Waals surface area contributed by atoms with Crippen LogP contribution in [0.3, 0.4) is 0 Å². The van der Waals surface area contributed by atoms with E-state index in [0.717, 1.165) is 16.0 Å². The molecule has 0 aliphatic carbocycles. The highest BCUT2D eigenvalue weighted by Crippen LogP contribution is 2.39. The number of hydrogen-bond acceptors (Lipinski definition) is 7. The summed E-state index contributed by atoms with van der Waals surface area (Å²) in [6, 6.07) is 22.0. The van der Waals surface area contributed by atoms with Crippen molar-refractivity contribution in [2.45, 2.75) is 20.1 Å². The number of urea groups is 1. The van der Waals surface area contributed by atoms with Gasteiger partial charge in [-0.2, -0.15) is 0 Å². The molecule has 12 heteroatoms. The van der Waals surface area contributed by atoms with Gasteiger partial charge < -0.3 is 18.9 Å². The third kappa shape index (κ3) is 7.47. The van der Waals surface area contributed by atoms with E-state index >= 15 is 0 Å². The number of barbiturate groups is 1. The van der Waals surface area contributed by atoms with Crippen LogP contribution in [0.25, 0.3) is 6.08 Å². The molecule has 9 nitrogen and oxygen atoms in total. The number of methoxy groups -OCH3 is 1. The molecule has 0 unspecified atom stereocenters. The highest BCUT2D eigenvalue weighted by atomic mass is 79.9. The van der Waals surface area contributed by atoms with Crippen LogP contribution < -0.4 is 29.2 Å². The second kappa shape index (κ2) is 14.7. The van der Waals surface area contributed by atoms with Gasteiger partial charge in [-0.1, -0.05) is 59.6 Å². The van der Waals surface area contributed by atoms with E-state index < -0.39 is 17.8 Å². The average molecular weight is 726 g/mol. The van der Waals surface area contributed by atoms with E-state index in [1.165, 1.54) is 24.3 Å². The Balaban J connectivity index is 1.36. The Hall–Kier alpha value is -4.51. The van der Waals surface area contributed by atoms with Crippen LogP contribution in [-0.4, -0.2) is 31.6 Å². The minimum absolute atomic E-state index is 0.147. The topological polar surface area (TPSA) is 103 Å². The fourth-order valence-electron chi connectivity index (χ4n) is 4.57. The smallest absolute Gasteiger partial charge is 0.335 e. The van der Waals surface area contributed by atoms with Crippen LogP contribution in [0, 0.1) is 0 Å². The molecule has 236 valence electrons. The van der Waals surface area contributed by atoms with Crippen LogP contribution in [-0.2, 0) is 22.8 Å². The first-order valence-electron chi connectivity index (χ1n) is 14.0. The molecule has 1 N–H and O–H groups in total. The highest BCUT2D eigenvalue weighted by molar-refractivity contribution is 9.10. The van der Waals surface area contributed by atoms with E-state index in [4.69, 9.17) is 42.1 Å². The zero-order valence-electron chi connectivity index (χ0n) is 24.6. The number of nitrogens with zero attached hydrogens (tertiary/aromatic N) is 1. The molecule has 4 amide bonds. The van der Waals surface area contributed by atoms with Crippen molar-refractivity contribution in [2.75, 3.05) is 18.6 Å². The maximum absolute atomic E-state index is 13.4. The van der Waals surface area contributed by atoms with Crippen LogP contribution in [0.5, 0.6) is 23.0 Å². The molecule has 1 aliphatic heterocycles. The Morgan fingerprint density at radius 3 is 2.28 bits per heavy atom. The van der Waals surface area contributed by atoms with Gasteiger partial charge in [-0.05, 0) is 88.1 Å². The minimum atomic E-state index is -0.905. The molecular formula is C34H27BrCl2N2O7. The van der Waals surface area contributed by atoms with E-state index in [2.05, 4.69) is 21.2 Å². The van der Waals surface area contributed by atoms with Crippen molar-refractivity contribution in [2.24, 2.45) is 0 Å². The van der Waals surface area contributed by atoms with Crippen molar-refractivity contribution in [3.8, 4) is 23.0 Å². The quantitative estimate of drug-likeness (QED) is 0.124. The Morgan fingerprint density at radius 2 is 1.57 bits per heavy atom. The van der Waals surface area contributed by atoms with Crippen molar-refractivity contribution in [1.29, 1.82) is 0 Å². The molecule has 1 heterocycles. The number of hydrogen-bond donors (Lipinski definition) is 1. The predicted octanol–water partition coefficient (Wildman–Crippen LogP) is 7.99. The number of amides is 4. The monoisotopic (exact) mass is 724 g/mol. The summed E-state index contributed by atoms with van der Waals surface area (Å²) in [6.45, 7) is 2.72. The number of rotatable bonds is 11. The average Bonchev–Trinajstić information content (AvgIpc) is 3.04. The van der Waals surface area contributed by atoms with Crippen LogP contribution in [0.1, 0.15) is 23.6 Å². The van der Waals surface area contributed by atoms with Gasteiger partial charge in [0, 0.05) is 0 Å². The summed E-state index contributed by atoms with van der Waals surface area (Å²) < 4.78 is 24.0. The molecule has 4 aromatic rings. The second-order valence-corrected chi connectivity index (χ2v) is 11.5. The number of imide groups is 2. The summed E-state index contributed by atoms with van der Waals surface area (Å²) in [6.07, 6.45) is 1.37. The van der Waals surface area contributed by atoms with Gasteiger partial charge in [-0.15, -0.1) is 0 Å². The summed E-state index contributed by atoms with van der Waals surface area (Å²) in [4.78, 5) is 39.5. The molecule has 4 aromatic carbocycles. The van der Waals surface area contributed by atoms with Crippen molar-refractivity contribution >= 4 is 68.7 Å². The van der Waals surface area contributed by atoms with Gasteiger partial charge in [0.15, 0.2) is 23.0 Å².